The van der Waals surface area contributed by atoms with E-state index < -0.39 is 0 Å². The largest absolute Gasteiger partial charge is 0.380 e. The molecule has 8 nitrogen and oxygen atoms in total. The van der Waals surface area contributed by atoms with Crippen LogP contribution in [0.5, 0.6) is 0 Å². The van der Waals surface area contributed by atoms with Crippen LogP contribution in [0.15, 0.2) is 48.7 Å². The lowest BCUT2D eigenvalue weighted by atomic mass is 10.1. The molecule has 2 aromatic heterocycles. The fourth-order valence-corrected chi connectivity index (χ4v) is 3.69. The maximum Gasteiger partial charge on any atom is 0.254 e. The molecule has 0 aliphatic carbocycles. The molecule has 0 spiro atoms. The van der Waals surface area contributed by atoms with Crippen LogP contribution in [-0.2, 0) is 16.1 Å². The molecular formula is C24H27N5O3. The molecule has 3 heterocycles. The minimum Gasteiger partial charge on any atom is -0.380 e. The zero-order chi connectivity index (χ0) is 22.5. The molecule has 4 rings (SSSR count). The third kappa shape index (κ3) is 5.27. The lowest BCUT2D eigenvalue weighted by Gasteiger charge is -2.32. The lowest BCUT2D eigenvalue weighted by molar-refractivity contribution is -0.0247. The number of hydrogen-bond acceptors (Lipinski definition) is 7. The highest BCUT2D eigenvalue weighted by Gasteiger charge is 2.27. The number of rotatable bonds is 6. The van der Waals surface area contributed by atoms with E-state index in [2.05, 4.69) is 20.3 Å². The summed E-state index contributed by atoms with van der Waals surface area (Å²) in [5.41, 5.74) is 5.07. The van der Waals surface area contributed by atoms with E-state index in [1.54, 1.807) is 13.3 Å². The number of pyridine rings is 1. The summed E-state index contributed by atoms with van der Waals surface area (Å²) in [4.78, 5) is 28.1. The summed E-state index contributed by atoms with van der Waals surface area (Å²) in [5, 5.41) is 3.18. The molecule has 8 heteroatoms. The first-order chi connectivity index (χ1) is 15.5. The number of nitrogens with zero attached hydrogens (tertiary/aromatic N) is 4. The number of aromatic nitrogens is 3. The molecule has 1 atom stereocenters. The van der Waals surface area contributed by atoms with Crippen molar-refractivity contribution in [2.75, 3.05) is 32.1 Å². The van der Waals surface area contributed by atoms with E-state index in [1.165, 1.54) is 0 Å². The van der Waals surface area contributed by atoms with Gasteiger partial charge in [0.1, 0.15) is 6.10 Å². The normalized spacial score (nSPS) is 16.1. The van der Waals surface area contributed by atoms with Gasteiger partial charge >= 0.3 is 0 Å². The molecular weight excluding hydrogens is 406 g/mol. The fraction of sp³-hybridized carbons (Fsp3) is 0.333. The average Bonchev–Trinajstić information content (AvgIpc) is 2.79. The van der Waals surface area contributed by atoms with Crippen LogP contribution >= 0.6 is 0 Å². The quantitative estimate of drug-likeness (QED) is 0.635. The highest BCUT2D eigenvalue weighted by molar-refractivity contribution is 5.94. The van der Waals surface area contributed by atoms with Crippen molar-refractivity contribution < 1.29 is 14.3 Å². The Kier molecular flexibility index (Phi) is 6.72. The number of carbonyl (C=O) groups excluding carboxylic acids is 1. The van der Waals surface area contributed by atoms with Crippen LogP contribution in [0, 0.1) is 13.8 Å². The van der Waals surface area contributed by atoms with Gasteiger partial charge in [-0.25, -0.2) is 9.97 Å². The molecule has 3 aromatic rings. The number of morpholine rings is 1. The SMILES string of the molecule is COCc1ccc(C(=O)N2CCO[C@@H](c3ccc(Nc4nc(C)cc(C)n4)cn3)C2)cc1. The predicted molar refractivity (Wildman–Crippen MR) is 121 cm³/mol. The maximum absolute atomic E-state index is 13.0. The van der Waals surface area contributed by atoms with Crippen molar-refractivity contribution in [3.8, 4) is 0 Å². The zero-order valence-corrected chi connectivity index (χ0v) is 18.5. The second-order valence-electron chi connectivity index (χ2n) is 7.81. The smallest absolute Gasteiger partial charge is 0.254 e. The number of nitrogens with one attached hydrogen (secondary N) is 1. The molecule has 1 aromatic carbocycles. The summed E-state index contributed by atoms with van der Waals surface area (Å²) in [6, 6.07) is 13.3. The zero-order valence-electron chi connectivity index (χ0n) is 18.5. The Balaban J connectivity index is 1.41. The molecule has 0 bridgehead atoms. The molecule has 1 N–H and O–H groups in total. The van der Waals surface area contributed by atoms with Crippen LogP contribution in [0.3, 0.4) is 0 Å². The van der Waals surface area contributed by atoms with E-state index in [9.17, 15) is 4.79 Å². The number of ether oxygens (including phenoxy) is 2. The summed E-state index contributed by atoms with van der Waals surface area (Å²) >= 11 is 0. The molecule has 0 saturated carbocycles. The molecule has 1 fully saturated rings. The van der Waals surface area contributed by atoms with Gasteiger partial charge in [0.25, 0.3) is 5.91 Å². The average molecular weight is 434 g/mol. The first-order valence-corrected chi connectivity index (χ1v) is 10.6. The molecule has 1 aliphatic heterocycles. The van der Waals surface area contributed by atoms with Crippen LogP contribution in [0.25, 0.3) is 0 Å². The minimum atomic E-state index is -0.271. The van der Waals surface area contributed by atoms with Gasteiger partial charge in [0, 0.05) is 30.6 Å². The highest BCUT2D eigenvalue weighted by Crippen LogP contribution is 2.23. The second kappa shape index (κ2) is 9.84. The van der Waals surface area contributed by atoms with Crippen molar-refractivity contribution in [3.63, 3.8) is 0 Å². The van der Waals surface area contributed by atoms with Gasteiger partial charge in [-0.15, -0.1) is 0 Å². The Labute approximate surface area is 187 Å². The summed E-state index contributed by atoms with van der Waals surface area (Å²) in [6.07, 6.45) is 1.46. The van der Waals surface area contributed by atoms with Gasteiger partial charge in [-0.3, -0.25) is 9.78 Å². The van der Waals surface area contributed by atoms with Crippen LogP contribution < -0.4 is 5.32 Å². The molecule has 32 heavy (non-hydrogen) atoms. The number of benzene rings is 1. The number of amides is 1. The third-order valence-electron chi connectivity index (χ3n) is 5.22. The third-order valence-corrected chi connectivity index (χ3v) is 5.22. The highest BCUT2D eigenvalue weighted by atomic mass is 16.5. The van der Waals surface area contributed by atoms with Gasteiger partial charge in [0.2, 0.25) is 5.95 Å². The Hall–Kier alpha value is -3.36. The van der Waals surface area contributed by atoms with Crippen molar-refractivity contribution in [1.29, 1.82) is 0 Å². The Bertz CT molecular complexity index is 1050. The van der Waals surface area contributed by atoms with Crippen molar-refractivity contribution >= 4 is 17.5 Å². The minimum absolute atomic E-state index is 0.00693. The molecule has 1 saturated heterocycles. The molecule has 0 unspecified atom stereocenters. The maximum atomic E-state index is 13.0. The standard InChI is InChI=1S/C24H27N5O3/c1-16-12-17(2)27-24(26-16)28-20-8-9-21(25-13-20)22-14-29(10-11-32-22)23(30)19-6-4-18(5-7-19)15-31-3/h4-9,12-13,22H,10-11,14-15H2,1-3H3,(H,26,27,28)/t22-/m1/s1. The fourth-order valence-electron chi connectivity index (χ4n) is 3.69. The summed E-state index contributed by atoms with van der Waals surface area (Å²) in [5.74, 6) is 0.534. The van der Waals surface area contributed by atoms with E-state index in [-0.39, 0.29) is 12.0 Å². The van der Waals surface area contributed by atoms with Gasteiger partial charge in [0.15, 0.2) is 0 Å². The van der Waals surface area contributed by atoms with E-state index in [1.807, 2.05) is 61.2 Å². The van der Waals surface area contributed by atoms with E-state index in [0.29, 0.717) is 37.8 Å². The number of anilines is 2. The van der Waals surface area contributed by atoms with E-state index in [4.69, 9.17) is 9.47 Å². The number of hydrogen-bond donors (Lipinski definition) is 1. The summed E-state index contributed by atoms with van der Waals surface area (Å²) in [7, 11) is 1.65. The Morgan fingerprint density at radius 1 is 1.16 bits per heavy atom. The molecule has 1 amide bonds. The van der Waals surface area contributed by atoms with E-state index >= 15 is 0 Å². The molecule has 0 radical (unpaired) electrons. The van der Waals surface area contributed by atoms with Crippen molar-refractivity contribution in [2.45, 2.75) is 26.6 Å². The number of methoxy groups -OCH3 is 1. The monoisotopic (exact) mass is 433 g/mol. The summed E-state index contributed by atoms with van der Waals surface area (Å²) in [6.45, 7) is 5.87. The van der Waals surface area contributed by atoms with Gasteiger partial charge in [-0.05, 0) is 49.7 Å². The topological polar surface area (TPSA) is 89.5 Å². The number of carbonyl (C=O) groups is 1. The lowest BCUT2D eigenvalue weighted by Crippen LogP contribution is -2.42. The van der Waals surface area contributed by atoms with Gasteiger partial charge in [-0.1, -0.05) is 12.1 Å². The Morgan fingerprint density at radius 2 is 1.91 bits per heavy atom. The Morgan fingerprint density at radius 3 is 2.56 bits per heavy atom. The second-order valence-corrected chi connectivity index (χ2v) is 7.81. The molecule has 166 valence electrons. The van der Waals surface area contributed by atoms with Gasteiger partial charge < -0.3 is 19.7 Å². The van der Waals surface area contributed by atoms with Crippen molar-refractivity contribution in [1.82, 2.24) is 19.9 Å². The predicted octanol–water partition coefficient (Wildman–Crippen LogP) is 3.59. The van der Waals surface area contributed by atoms with E-state index in [0.717, 1.165) is 28.3 Å². The molecule has 1 aliphatic rings. The van der Waals surface area contributed by atoms with Crippen LogP contribution in [-0.4, -0.2) is 52.6 Å². The van der Waals surface area contributed by atoms with Crippen LogP contribution in [0.2, 0.25) is 0 Å². The van der Waals surface area contributed by atoms with Crippen LogP contribution in [0.1, 0.15) is 39.1 Å². The van der Waals surface area contributed by atoms with Crippen LogP contribution in [0.4, 0.5) is 11.6 Å². The van der Waals surface area contributed by atoms with Crippen molar-refractivity contribution in [2.24, 2.45) is 0 Å². The van der Waals surface area contributed by atoms with Crippen molar-refractivity contribution in [3.05, 3.63) is 76.9 Å². The van der Waals surface area contributed by atoms with Gasteiger partial charge in [-0.2, -0.15) is 0 Å². The number of aryl methyl sites for hydroxylation is 2. The van der Waals surface area contributed by atoms with Gasteiger partial charge in [0.05, 0.1) is 37.3 Å². The summed E-state index contributed by atoms with van der Waals surface area (Å²) < 4.78 is 11.0. The first kappa shape index (κ1) is 21.9. The first-order valence-electron chi connectivity index (χ1n) is 10.6.